The first-order valence-corrected chi connectivity index (χ1v) is 9.17. The first kappa shape index (κ1) is 18.7. The van der Waals surface area contributed by atoms with Gasteiger partial charge >= 0.3 is 0 Å². The van der Waals surface area contributed by atoms with E-state index in [1.54, 1.807) is 4.90 Å². The van der Waals surface area contributed by atoms with E-state index in [1.165, 1.54) is 5.56 Å². The van der Waals surface area contributed by atoms with Gasteiger partial charge in [-0.15, -0.1) is 0 Å². The normalized spacial score (nSPS) is 20.8. The fraction of sp³-hybridized carbons (Fsp3) is 0.476. The van der Waals surface area contributed by atoms with E-state index in [4.69, 9.17) is 4.42 Å². The Balaban J connectivity index is 1.65. The summed E-state index contributed by atoms with van der Waals surface area (Å²) in [5.41, 5.74) is 0.941. The number of hydrogen-bond donors (Lipinski definition) is 1. The maximum Gasteiger partial charge on any atom is 0.256 e. The highest BCUT2D eigenvalue weighted by Crippen LogP contribution is 2.26. The number of hydrogen-bond acceptors (Lipinski definition) is 4. The van der Waals surface area contributed by atoms with E-state index in [0.717, 1.165) is 23.5 Å². The van der Waals surface area contributed by atoms with Crippen molar-refractivity contribution in [2.24, 2.45) is 0 Å². The summed E-state index contributed by atoms with van der Waals surface area (Å²) in [4.78, 5) is 16.7. The van der Waals surface area contributed by atoms with Gasteiger partial charge in [0, 0.05) is 19.6 Å². The average molecular weight is 356 g/mol. The van der Waals surface area contributed by atoms with Crippen molar-refractivity contribution < 1.29 is 14.3 Å². The monoisotopic (exact) mass is 356 g/mol. The van der Waals surface area contributed by atoms with Gasteiger partial charge in [-0.3, -0.25) is 9.69 Å². The third-order valence-electron chi connectivity index (χ3n) is 4.91. The number of aryl methyl sites for hydroxylation is 2. The van der Waals surface area contributed by atoms with Crippen LogP contribution in [-0.4, -0.2) is 46.6 Å². The molecule has 1 fully saturated rings. The minimum atomic E-state index is -1.33. The summed E-state index contributed by atoms with van der Waals surface area (Å²) >= 11 is 0. The molecular formula is C21H28N2O3. The number of carbonyl (C=O) groups excluding carboxylic acids is 1. The molecule has 1 amide bonds. The van der Waals surface area contributed by atoms with Crippen LogP contribution in [0, 0.1) is 13.8 Å². The molecule has 2 heterocycles. The van der Waals surface area contributed by atoms with Gasteiger partial charge in [-0.05, 0) is 51.4 Å². The maximum absolute atomic E-state index is 13.0. The van der Waals surface area contributed by atoms with E-state index in [9.17, 15) is 9.90 Å². The standard InChI is InChI=1S/C21H28N2O3/c1-16-6-4-7-18(12-16)13-23-11-5-10-21(25,20(23)24)15-22(3)14-19-9-8-17(2)26-19/h4,6-9,12,25H,5,10-11,13-15H2,1-3H3. The number of carbonyl (C=O) groups is 1. The summed E-state index contributed by atoms with van der Waals surface area (Å²) in [6.45, 7) is 6.06. The van der Waals surface area contributed by atoms with Crippen molar-refractivity contribution in [2.45, 2.75) is 45.4 Å². The quantitative estimate of drug-likeness (QED) is 0.865. The van der Waals surface area contributed by atoms with E-state index in [2.05, 4.69) is 6.07 Å². The number of rotatable bonds is 6. The predicted octanol–water partition coefficient (Wildman–Crippen LogP) is 2.88. The number of likely N-dealkylation sites (N-methyl/N-ethyl adjacent to an activating group) is 1. The molecule has 0 bridgehead atoms. The lowest BCUT2D eigenvalue weighted by atomic mass is 9.90. The molecule has 1 atom stereocenters. The first-order chi connectivity index (χ1) is 12.4. The SMILES string of the molecule is Cc1cccc(CN2CCCC(O)(CN(C)Cc3ccc(C)o3)C2=O)c1. The zero-order valence-corrected chi connectivity index (χ0v) is 15.9. The molecule has 0 saturated carbocycles. The second-order valence-corrected chi connectivity index (χ2v) is 7.54. The Morgan fingerprint density at radius 3 is 2.77 bits per heavy atom. The molecule has 1 unspecified atom stereocenters. The topological polar surface area (TPSA) is 56.9 Å². The van der Waals surface area contributed by atoms with E-state index >= 15 is 0 Å². The lowest BCUT2D eigenvalue weighted by Crippen LogP contribution is -2.57. The summed E-state index contributed by atoms with van der Waals surface area (Å²) in [5.74, 6) is 1.53. The van der Waals surface area contributed by atoms with Crippen molar-refractivity contribution in [3.63, 3.8) is 0 Å². The first-order valence-electron chi connectivity index (χ1n) is 9.17. The van der Waals surface area contributed by atoms with Gasteiger partial charge in [0.05, 0.1) is 6.54 Å². The summed E-state index contributed by atoms with van der Waals surface area (Å²) in [6.07, 6.45) is 1.30. The maximum atomic E-state index is 13.0. The van der Waals surface area contributed by atoms with Crippen LogP contribution in [0.2, 0.25) is 0 Å². The van der Waals surface area contributed by atoms with Crippen LogP contribution in [0.5, 0.6) is 0 Å². The fourth-order valence-electron chi connectivity index (χ4n) is 3.73. The van der Waals surface area contributed by atoms with Crippen LogP contribution in [0.4, 0.5) is 0 Å². The van der Waals surface area contributed by atoms with E-state index in [-0.39, 0.29) is 5.91 Å². The second-order valence-electron chi connectivity index (χ2n) is 7.54. The summed E-state index contributed by atoms with van der Waals surface area (Å²) in [7, 11) is 1.91. The molecule has 1 aliphatic heterocycles. The van der Waals surface area contributed by atoms with Gasteiger partial charge in [0.2, 0.25) is 0 Å². The van der Waals surface area contributed by atoms with Gasteiger partial charge in [0.15, 0.2) is 5.60 Å². The van der Waals surface area contributed by atoms with Gasteiger partial charge in [-0.25, -0.2) is 0 Å². The van der Waals surface area contributed by atoms with Crippen LogP contribution in [0.1, 0.15) is 35.5 Å². The smallest absolute Gasteiger partial charge is 0.256 e. The minimum Gasteiger partial charge on any atom is -0.465 e. The Morgan fingerprint density at radius 1 is 1.27 bits per heavy atom. The molecule has 1 aliphatic rings. The number of piperidine rings is 1. The molecule has 140 valence electrons. The molecule has 0 spiro atoms. The van der Waals surface area contributed by atoms with Gasteiger partial charge in [-0.2, -0.15) is 0 Å². The molecule has 0 aliphatic carbocycles. The second kappa shape index (κ2) is 7.64. The summed E-state index contributed by atoms with van der Waals surface area (Å²) in [6, 6.07) is 12.0. The molecule has 1 aromatic carbocycles. The number of furan rings is 1. The van der Waals surface area contributed by atoms with Crippen LogP contribution < -0.4 is 0 Å². The van der Waals surface area contributed by atoms with Gasteiger partial charge in [-0.1, -0.05) is 29.8 Å². The highest BCUT2D eigenvalue weighted by Gasteiger charge is 2.42. The van der Waals surface area contributed by atoms with E-state index in [0.29, 0.717) is 32.6 Å². The zero-order valence-electron chi connectivity index (χ0n) is 15.9. The highest BCUT2D eigenvalue weighted by molar-refractivity contribution is 5.86. The van der Waals surface area contributed by atoms with Crippen molar-refractivity contribution in [1.29, 1.82) is 0 Å². The molecule has 5 nitrogen and oxygen atoms in total. The van der Waals surface area contributed by atoms with E-state index < -0.39 is 5.60 Å². The van der Waals surface area contributed by atoms with Crippen LogP contribution in [0.15, 0.2) is 40.8 Å². The lowest BCUT2D eigenvalue weighted by molar-refractivity contribution is -0.160. The zero-order chi connectivity index (χ0) is 18.7. The Bertz CT molecular complexity index is 770. The van der Waals surface area contributed by atoms with Crippen molar-refractivity contribution >= 4 is 5.91 Å². The lowest BCUT2D eigenvalue weighted by Gasteiger charge is -2.40. The van der Waals surface area contributed by atoms with Gasteiger partial charge in [0.25, 0.3) is 5.91 Å². The van der Waals surface area contributed by atoms with Crippen LogP contribution >= 0.6 is 0 Å². The largest absolute Gasteiger partial charge is 0.465 e. The number of likely N-dealkylation sites (tertiary alicyclic amines) is 1. The molecule has 1 aromatic heterocycles. The number of nitrogens with zero attached hydrogens (tertiary/aromatic N) is 2. The molecule has 1 N–H and O–H groups in total. The predicted molar refractivity (Wildman–Crippen MR) is 101 cm³/mol. The number of aliphatic hydroxyl groups is 1. The summed E-state index contributed by atoms with van der Waals surface area (Å²) < 4.78 is 5.60. The van der Waals surface area contributed by atoms with Crippen LogP contribution in [0.25, 0.3) is 0 Å². The molecule has 0 radical (unpaired) electrons. The van der Waals surface area contributed by atoms with Crippen LogP contribution in [0.3, 0.4) is 0 Å². The number of amides is 1. The van der Waals surface area contributed by atoms with Crippen LogP contribution in [-0.2, 0) is 17.9 Å². The Labute approximate surface area is 155 Å². The minimum absolute atomic E-state index is 0.173. The van der Waals surface area contributed by atoms with E-state index in [1.807, 2.05) is 56.1 Å². The third-order valence-corrected chi connectivity index (χ3v) is 4.91. The molecule has 2 aromatic rings. The molecule has 1 saturated heterocycles. The summed E-state index contributed by atoms with van der Waals surface area (Å²) in [5, 5.41) is 11.0. The van der Waals surface area contributed by atoms with Gasteiger partial charge in [0.1, 0.15) is 11.5 Å². The Hall–Kier alpha value is -2.11. The molecule has 5 heteroatoms. The average Bonchev–Trinajstić information content (AvgIpc) is 2.97. The number of benzene rings is 1. The van der Waals surface area contributed by atoms with Crippen molar-refractivity contribution in [2.75, 3.05) is 20.1 Å². The molecule has 3 rings (SSSR count). The van der Waals surface area contributed by atoms with Gasteiger partial charge < -0.3 is 14.4 Å². The molecular weight excluding hydrogens is 328 g/mol. The van der Waals surface area contributed by atoms with Crippen molar-refractivity contribution in [3.8, 4) is 0 Å². The van der Waals surface area contributed by atoms with Crippen molar-refractivity contribution in [3.05, 3.63) is 59.0 Å². The molecule has 26 heavy (non-hydrogen) atoms. The van der Waals surface area contributed by atoms with Crippen molar-refractivity contribution in [1.82, 2.24) is 9.80 Å². The fourth-order valence-corrected chi connectivity index (χ4v) is 3.73. The highest BCUT2D eigenvalue weighted by atomic mass is 16.3. The third kappa shape index (κ3) is 4.34. The Morgan fingerprint density at radius 2 is 2.08 bits per heavy atom. The Kier molecular flexibility index (Phi) is 5.49.